The molecule has 22 heavy (non-hydrogen) atoms. The molecule has 0 spiro atoms. The summed E-state index contributed by atoms with van der Waals surface area (Å²) in [5, 5.41) is 6.52. The second kappa shape index (κ2) is 10.4. The topological polar surface area (TPSA) is 66.0 Å². The maximum Gasteiger partial charge on any atom is 0.243 e. The summed E-state index contributed by atoms with van der Waals surface area (Å²) in [6.07, 6.45) is 3.60. The summed E-state index contributed by atoms with van der Waals surface area (Å²) in [5.41, 5.74) is 0. The molecule has 128 valence electrons. The van der Waals surface area contributed by atoms with Crippen LogP contribution in [-0.4, -0.2) is 63.7 Å². The Morgan fingerprint density at radius 1 is 1.32 bits per heavy atom. The summed E-state index contributed by atoms with van der Waals surface area (Å²) in [6, 6.07) is 0. The number of hydrogen-bond acceptors (Lipinski definition) is 3. The molecule has 1 amide bonds. The highest BCUT2D eigenvalue weighted by Crippen LogP contribution is 2.28. The van der Waals surface area contributed by atoms with Crippen LogP contribution in [-0.2, 0) is 9.53 Å². The monoisotopic (exact) mass is 312 g/mol. The van der Waals surface area contributed by atoms with Gasteiger partial charge in [-0.2, -0.15) is 0 Å². The summed E-state index contributed by atoms with van der Waals surface area (Å²) >= 11 is 0. The first kappa shape index (κ1) is 18.7. The molecule has 1 aliphatic rings. The van der Waals surface area contributed by atoms with Gasteiger partial charge in [-0.25, -0.2) is 4.99 Å². The maximum absolute atomic E-state index is 11.6. The van der Waals surface area contributed by atoms with E-state index >= 15 is 0 Å². The zero-order valence-corrected chi connectivity index (χ0v) is 14.5. The molecule has 0 aromatic carbocycles. The molecule has 0 heterocycles. The van der Waals surface area contributed by atoms with Gasteiger partial charge in [0.05, 0.1) is 0 Å². The Bertz CT molecular complexity index is 352. The first-order chi connectivity index (χ1) is 10.5. The van der Waals surface area contributed by atoms with E-state index in [1.165, 1.54) is 12.8 Å². The molecular weight excluding hydrogens is 280 g/mol. The van der Waals surface area contributed by atoms with Crippen LogP contribution < -0.4 is 10.6 Å². The first-order valence-electron chi connectivity index (χ1n) is 8.29. The smallest absolute Gasteiger partial charge is 0.243 e. The third kappa shape index (κ3) is 9.60. The number of carbonyl (C=O) groups is 1. The Kier molecular flexibility index (Phi) is 8.89. The number of rotatable bonds is 10. The number of nitrogens with one attached hydrogen (secondary N) is 2. The van der Waals surface area contributed by atoms with Crippen molar-refractivity contribution in [2.45, 2.75) is 33.1 Å². The molecule has 0 aliphatic heterocycles. The number of amides is 1. The largest absolute Gasteiger partial charge is 0.381 e. The Labute approximate surface area is 134 Å². The van der Waals surface area contributed by atoms with Gasteiger partial charge in [0.1, 0.15) is 6.54 Å². The van der Waals surface area contributed by atoms with E-state index in [2.05, 4.69) is 29.5 Å². The number of aliphatic imine (C=N–C) groups is 1. The van der Waals surface area contributed by atoms with E-state index in [4.69, 9.17) is 4.74 Å². The molecule has 6 nitrogen and oxygen atoms in total. The minimum absolute atomic E-state index is 0.00147. The lowest BCUT2D eigenvalue weighted by atomic mass is 10.2. The molecule has 0 aromatic heterocycles. The molecule has 1 rings (SSSR count). The Morgan fingerprint density at radius 2 is 2.05 bits per heavy atom. The molecule has 1 saturated carbocycles. The SMILES string of the molecule is CC(C)CNC(=NCC(=O)N(C)C)NCCCOCC1CC1. The fourth-order valence-corrected chi connectivity index (χ4v) is 1.68. The van der Waals surface area contributed by atoms with Crippen molar-refractivity contribution in [3.05, 3.63) is 0 Å². The third-order valence-corrected chi connectivity index (χ3v) is 3.36. The molecule has 1 fully saturated rings. The van der Waals surface area contributed by atoms with E-state index in [-0.39, 0.29) is 12.5 Å². The Hall–Kier alpha value is -1.30. The van der Waals surface area contributed by atoms with Gasteiger partial charge >= 0.3 is 0 Å². The van der Waals surface area contributed by atoms with E-state index in [9.17, 15) is 4.79 Å². The van der Waals surface area contributed by atoms with Crippen LogP contribution in [0.25, 0.3) is 0 Å². The molecule has 1 aliphatic carbocycles. The van der Waals surface area contributed by atoms with Crippen molar-refractivity contribution in [2.75, 3.05) is 46.9 Å². The molecule has 0 unspecified atom stereocenters. The molecule has 0 saturated heterocycles. The molecule has 0 radical (unpaired) electrons. The van der Waals surface area contributed by atoms with Crippen molar-refractivity contribution in [1.29, 1.82) is 0 Å². The zero-order chi connectivity index (χ0) is 16.4. The number of likely N-dealkylation sites (N-methyl/N-ethyl adjacent to an activating group) is 1. The van der Waals surface area contributed by atoms with Gasteiger partial charge < -0.3 is 20.3 Å². The maximum atomic E-state index is 11.6. The zero-order valence-electron chi connectivity index (χ0n) is 14.5. The van der Waals surface area contributed by atoms with Crippen LogP contribution in [0.1, 0.15) is 33.1 Å². The minimum atomic E-state index is -0.00147. The summed E-state index contributed by atoms with van der Waals surface area (Å²) in [6.45, 7) is 7.76. The number of ether oxygens (including phenoxy) is 1. The molecule has 0 atom stereocenters. The summed E-state index contributed by atoms with van der Waals surface area (Å²) in [4.78, 5) is 17.5. The fourth-order valence-electron chi connectivity index (χ4n) is 1.68. The van der Waals surface area contributed by atoms with Gasteiger partial charge in [0.2, 0.25) is 5.91 Å². The van der Waals surface area contributed by atoms with Crippen molar-refractivity contribution >= 4 is 11.9 Å². The van der Waals surface area contributed by atoms with Gasteiger partial charge in [-0.1, -0.05) is 13.8 Å². The van der Waals surface area contributed by atoms with Crippen LogP contribution in [0.5, 0.6) is 0 Å². The van der Waals surface area contributed by atoms with Crippen molar-refractivity contribution in [1.82, 2.24) is 15.5 Å². The number of carbonyl (C=O) groups excluding carboxylic acids is 1. The van der Waals surface area contributed by atoms with E-state index in [1.54, 1.807) is 19.0 Å². The average Bonchev–Trinajstić information content (AvgIpc) is 3.27. The summed E-state index contributed by atoms with van der Waals surface area (Å²) < 4.78 is 5.61. The van der Waals surface area contributed by atoms with Gasteiger partial charge in [0, 0.05) is 40.4 Å². The molecule has 0 aromatic rings. The van der Waals surface area contributed by atoms with E-state index < -0.39 is 0 Å². The van der Waals surface area contributed by atoms with Crippen molar-refractivity contribution in [3.63, 3.8) is 0 Å². The number of nitrogens with zero attached hydrogens (tertiary/aromatic N) is 2. The second-order valence-corrected chi connectivity index (χ2v) is 6.53. The highest BCUT2D eigenvalue weighted by atomic mass is 16.5. The van der Waals surface area contributed by atoms with E-state index in [1.807, 2.05) is 0 Å². The van der Waals surface area contributed by atoms with Crippen molar-refractivity contribution < 1.29 is 9.53 Å². The number of hydrogen-bond donors (Lipinski definition) is 2. The van der Waals surface area contributed by atoms with Crippen LogP contribution in [0.2, 0.25) is 0 Å². The van der Waals surface area contributed by atoms with Gasteiger partial charge in [-0.05, 0) is 31.1 Å². The van der Waals surface area contributed by atoms with Gasteiger partial charge in [0.15, 0.2) is 5.96 Å². The summed E-state index contributed by atoms with van der Waals surface area (Å²) in [5.74, 6) is 2.04. The Morgan fingerprint density at radius 3 is 2.64 bits per heavy atom. The second-order valence-electron chi connectivity index (χ2n) is 6.53. The quantitative estimate of drug-likeness (QED) is 0.360. The third-order valence-electron chi connectivity index (χ3n) is 3.36. The lowest BCUT2D eigenvalue weighted by Crippen LogP contribution is -2.40. The van der Waals surface area contributed by atoms with Crippen molar-refractivity contribution in [3.8, 4) is 0 Å². The Balaban J connectivity index is 2.23. The molecular formula is C16H32N4O2. The van der Waals surface area contributed by atoms with Crippen LogP contribution in [0.15, 0.2) is 4.99 Å². The standard InChI is InChI=1S/C16H32N4O2/c1-13(2)10-18-16(19-11-15(21)20(3)4)17-8-5-9-22-12-14-6-7-14/h13-14H,5-12H2,1-4H3,(H2,17,18,19). The predicted molar refractivity (Wildman–Crippen MR) is 90.0 cm³/mol. The normalized spacial score (nSPS) is 15.0. The van der Waals surface area contributed by atoms with Gasteiger partial charge in [-0.3, -0.25) is 4.79 Å². The van der Waals surface area contributed by atoms with Gasteiger partial charge in [-0.15, -0.1) is 0 Å². The lowest BCUT2D eigenvalue weighted by Gasteiger charge is -2.15. The minimum Gasteiger partial charge on any atom is -0.381 e. The predicted octanol–water partition coefficient (Wildman–Crippen LogP) is 1.08. The molecule has 6 heteroatoms. The summed E-state index contributed by atoms with van der Waals surface area (Å²) in [7, 11) is 3.48. The van der Waals surface area contributed by atoms with Crippen LogP contribution in [0.4, 0.5) is 0 Å². The highest BCUT2D eigenvalue weighted by Gasteiger charge is 2.20. The fraction of sp³-hybridized carbons (Fsp3) is 0.875. The first-order valence-corrected chi connectivity index (χ1v) is 8.29. The van der Waals surface area contributed by atoms with Crippen LogP contribution in [0.3, 0.4) is 0 Å². The lowest BCUT2D eigenvalue weighted by molar-refractivity contribution is -0.127. The number of guanidine groups is 1. The van der Waals surface area contributed by atoms with E-state index in [0.29, 0.717) is 11.9 Å². The molecule has 0 bridgehead atoms. The van der Waals surface area contributed by atoms with Gasteiger partial charge in [0.25, 0.3) is 0 Å². The van der Waals surface area contributed by atoms with Crippen LogP contribution >= 0.6 is 0 Å². The van der Waals surface area contributed by atoms with Crippen LogP contribution in [0, 0.1) is 11.8 Å². The highest BCUT2D eigenvalue weighted by molar-refractivity contribution is 5.84. The van der Waals surface area contributed by atoms with Crippen molar-refractivity contribution in [2.24, 2.45) is 16.8 Å². The van der Waals surface area contributed by atoms with E-state index in [0.717, 1.165) is 38.6 Å². The molecule has 2 N–H and O–H groups in total. The average molecular weight is 312 g/mol.